The normalized spacial score (nSPS) is 11.3. The van der Waals surface area contributed by atoms with Gasteiger partial charge in [-0.05, 0) is 49.6 Å². The number of benzene rings is 2. The first-order valence-electron chi connectivity index (χ1n) is 10.1. The molecule has 0 aliphatic carbocycles. The Morgan fingerprint density at radius 2 is 1.78 bits per heavy atom. The largest absolute Gasteiger partial charge is 0.496 e. The predicted octanol–water partition coefficient (Wildman–Crippen LogP) is 4.54. The Labute approximate surface area is 184 Å². The van der Waals surface area contributed by atoms with Crippen molar-refractivity contribution in [2.75, 3.05) is 14.2 Å². The van der Waals surface area contributed by atoms with Crippen LogP contribution in [0.15, 0.2) is 53.3 Å². The lowest BCUT2D eigenvalue weighted by Gasteiger charge is -2.22. The van der Waals surface area contributed by atoms with Crippen LogP contribution < -0.4 is 10.3 Å². The number of fused-ring (bicyclic) bond motifs is 1. The summed E-state index contributed by atoms with van der Waals surface area (Å²) >= 11 is 0. The maximum Gasteiger partial charge on any atom is 0.313 e. The van der Waals surface area contributed by atoms with E-state index >= 15 is 0 Å². The highest BCUT2D eigenvalue weighted by molar-refractivity contribution is 6.06. The third kappa shape index (κ3) is 4.46. The van der Waals surface area contributed by atoms with Gasteiger partial charge in [-0.1, -0.05) is 18.2 Å². The highest BCUT2D eigenvalue weighted by atomic mass is 19.1. The van der Waals surface area contributed by atoms with E-state index in [9.17, 15) is 18.8 Å². The smallest absolute Gasteiger partial charge is 0.313 e. The fraction of sp³-hybridized carbons (Fsp3) is 0.240. The fourth-order valence-corrected chi connectivity index (χ4v) is 3.64. The van der Waals surface area contributed by atoms with Crippen molar-refractivity contribution >= 4 is 28.6 Å². The average Bonchev–Trinajstić information content (AvgIpc) is 2.77. The molecule has 0 bridgehead atoms. The molecule has 7 heteroatoms. The fourth-order valence-electron chi connectivity index (χ4n) is 3.64. The highest BCUT2D eigenvalue weighted by Gasteiger charge is 2.21. The Balaban J connectivity index is 2.39. The van der Waals surface area contributed by atoms with Gasteiger partial charge in [-0.2, -0.15) is 0 Å². The number of ketones is 1. The summed E-state index contributed by atoms with van der Waals surface area (Å²) in [7, 11) is 2.64. The molecular weight excluding hydrogens is 413 g/mol. The number of rotatable bonds is 7. The van der Waals surface area contributed by atoms with Crippen molar-refractivity contribution in [2.24, 2.45) is 0 Å². The van der Waals surface area contributed by atoms with E-state index in [1.165, 1.54) is 32.4 Å². The molecule has 0 saturated heterocycles. The van der Waals surface area contributed by atoms with Crippen LogP contribution >= 0.6 is 0 Å². The minimum Gasteiger partial charge on any atom is -0.496 e. The van der Waals surface area contributed by atoms with Crippen molar-refractivity contribution in [3.8, 4) is 17.0 Å². The summed E-state index contributed by atoms with van der Waals surface area (Å²) in [5.41, 5.74) is 1.36. The van der Waals surface area contributed by atoms with Crippen LogP contribution in [0.5, 0.6) is 5.75 Å². The SMILES string of the molecule is COC(=O)CC(=O)C=Cc1c(-c2ccc(F)cc2OC)n(C(C)C)c(=O)c2ccccc12. The molecule has 0 spiro atoms. The minimum atomic E-state index is -0.642. The summed E-state index contributed by atoms with van der Waals surface area (Å²) in [4.78, 5) is 37.2. The standard InChI is InChI=1S/C25H24FNO5/c1-15(2)27-24(21-11-9-16(26)13-22(21)31-3)19(12-10-17(28)14-23(29)32-4)18-7-5-6-8-20(18)25(27)30/h5-13,15H,14H2,1-4H3. The van der Waals surface area contributed by atoms with Crippen LogP contribution in [0.2, 0.25) is 0 Å². The summed E-state index contributed by atoms with van der Waals surface area (Å²) in [6.45, 7) is 3.73. The Morgan fingerprint density at radius 3 is 2.41 bits per heavy atom. The Bertz CT molecular complexity index is 1270. The molecule has 1 heterocycles. The van der Waals surface area contributed by atoms with Crippen LogP contribution in [-0.4, -0.2) is 30.5 Å². The molecule has 0 saturated carbocycles. The maximum atomic E-state index is 13.9. The molecule has 0 atom stereocenters. The van der Waals surface area contributed by atoms with E-state index in [2.05, 4.69) is 4.74 Å². The van der Waals surface area contributed by atoms with E-state index in [1.807, 2.05) is 13.8 Å². The van der Waals surface area contributed by atoms with Gasteiger partial charge in [0.15, 0.2) is 5.78 Å². The van der Waals surface area contributed by atoms with Crippen LogP contribution in [0.4, 0.5) is 4.39 Å². The van der Waals surface area contributed by atoms with Crippen molar-refractivity contribution in [1.82, 2.24) is 4.57 Å². The van der Waals surface area contributed by atoms with Crippen molar-refractivity contribution < 1.29 is 23.5 Å². The Hall–Kier alpha value is -3.74. The first-order valence-corrected chi connectivity index (χ1v) is 10.1. The summed E-state index contributed by atoms with van der Waals surface area (Å²) in [6, 6.07) is 10.9. The summed E-state index contributed by atoms with van der Waals surface area (Å²) in [5, 5.41) is 1.10. The number of halogens is 1. The first-order chi connectivity index (χ1) is 15.3. The molecule has 32 heavy (non-hydrogen) atoms. The van der Waals surface area contributed by atoms with Crippen LogP contribution in [0, 0.1) is 5.82 Å². The molecular formula is C25H24FNO5. The molecule has 0 unspecified atom stereocenters. The molecule has 0 radical (unpaired) electrons. The third-order valence-electron chi connectivity index (χ3n) is 5.08. The van der Waals surface area contributed by atoms with E-state index < -0.39 is 24.0 Å². The van der Waals surface area contributed by atoms with Gasteiger partial charge in [0.2, 0.25) is 0 Å². The van der Waals surface area contributed by atoms with Crippen LogP contribution in [0.3, 0.4) is 0 Å². The minimum absolute atomic E-state index is 0.213. The van der Waals surface area contributed by atoms with Crippen molar-refractivity contribution in [3.05, 3.63) is 70.3 Å². The molecule has 0 aliphatic rings. The van der Waals surface area contributed by atoms with E-state index in [-0.39, 0.29) is 17.4 Å². The van der Waals surface area contributed by atoms with Gasteiger partial charge in [-0.25, -0.2) is 4.39 Å². The number of methoxy groups -OCH3 is 2. The summed E-state index contributed by atoms with van der Waals surface area (Å²) < 4.78 is 25.5. The van der Waals surface area contributed by atoms with Gasteiger partial charge in [0.05, 0.1) is 19.9 Å². The zero-order valence-electron chi connectivity index (χ0n) is 18.3. The van der Waals surface area contributed by atoms with Gasteiger partial charge in [0.25, 0.3) is 5.56 Å². The molecule has 2 aromatic carbocycles. The second kappa shape index (κ2) is 9.60. The lowest BCUT2D eigenvalue weighted by molar-refractivity contribution is -0.142. The zero-order chi connectivity index (χ0) is 23.4. The molecule has 0 fully saturated rings. The lowest BCUT2D eigenvalue weighted by atomic mass is 9.96. The van der Waals surface area contributed by atoms with Gasteiger partial charge in [0.1, 0.15) is 18.0 Å². The number of nitrogens with zero attached hydrogens (tertiary/aromatic N) is 1. The number of esters is 1. The number of hydrogen-bond acceptors (Lipinski definition) is 5. The molecule has 1 aromatic heterocycles. The van der Waals surface area contributed by atoms with Gasteiger partial charge in [-0.15, -0.1) is 0 Å². The Kier molecular flexibility index (Phi) is 6.88. The molecule has 0 amide bonds. The number of pyridine rings is 1. The van der Waals surface area contributed by atoms with E-state index in [1.54, 1.807) is 41.0 Å². The first kappa shape index (κ1) is 22.9. The van der Waals surface area contributed by atoms with E-state index in [0.29, 0.717) is 27.6 Å². The van der Waals surface area contributed by atoms with Crippen molar-refractivity contribution in [2.45, 2.75) is 26.3 Å². The van der Waals surface area contributed by atoms with Gasteiger partial charge < -0.3 is 14.0 Å². The summed E-state index contributed by atoms with van der Waals surface area (Å²) in [6.07, 6.45) is 2.46. The van der Waals surface area contributed by atoms with Crippen molar-refractivity contribution in [3.63, 3.8) is 0 Å². The quantitative estimate of drug-likeness (QED) is 0.308. The third-order valence-corrected chi connectivity index (χ3v) is 5.08. The van der Waals surface area contributed by atoms with Gasteiger partial charge >= 0.3 is 5.97 Å². The number of ether oxygens (including phenoxy) is 2. The molecule has 3 aromatic rings. The topological polar surface area (TPSA) is 74.6 Å². The average molecular weight is 437 g/mol. The summed E-state index contributed by atoms with van der Waals surface area (Å²) in [5.74, 6) is -1.31. The monoisotopic (exact) mass is 437 g/mol. The predicted molar refractivity (Wildman–Crippen MR) is 121 cm³/mol. The molecule has 166 valence electrons. The lowest BCUT2D eigenvalue weighted by Crippen LogP contribution is -2.25. The maximum absolute atomic E-state index is 13.9. The van der Waals surface area contributed by atoms with Crippen LogP contribution in [0.1, 0.15) is 31.9 Å². The van der Waals surface area contributed by atoms with Gasteiger partial charge in [0, 0.05) is 28.6 Å². The van der Waals surface area contributed by atoms with E-state index in [4.69, 9.17) is 4.74 Å². The number of carbonyl (C=O) groups excluding carboxylic acids is 2. The van der Waals surface area contributed by atoms with Gasteiger partial charge in [-0.3, -0.25) is 14.4 Å². The second-order valence-corrected chi connectivity index (χ2v) is 7.47. The Morgan fingerprint density at radius 1 is 1.09 bits per heavy atom. The van der Waals surface area contributed by atoms with E-state index in [0.717, 1.165) is 0 Å². The number of aromatic nitrogens is 1. The number of carbonyl (C=O) groups is 2. The molecule has 6 nitrogen and oxygen atoms in total. The van der Waals surface area contributed by atoms with Crippen LogP contribution in [-0.2, 0) is 14.3 Å². The molecule has 0 N–H and O–H groups in total. The zero-order valence-corrected chi connectivity index (χ0v) is 18.3. The number of allylic oxidation sites excluding steroid dienone is 1. The molecule has 3 rings (SSSR count). The van der Waals surface area contributed by atoms with Crippen LogP contribution in [0.25, 0.3) is 28.1 Å². The second-order valence-electron chi connectivity index (χ2n) is 7.47. The number of hydrogen-bond donors (Lipinski definition) is 0. The molecule has 0 aliphatic heterocycles. The van der Waals surface area contributed by atoms with Crippen molar-refractivity contribution in [1.29, 1.82) is 0 Å². The highest BCUT2D eigenvalue weighted by Crippen LogP contribution is 2.37.